The summed E-state index contributed by atoms with van der Waals surface area (Å²) in [5, 5.41) is 9.14. The Morgan fingerprint density at radius 3 is 2.43 bits per heavy atom. The minimum absolute atomic E-state index is 0.0544. The molecule has 0 aromatic heterocycles. The molecular weight excluding hydrogens is 227 g/mol. The van der Waals surface area contributed by atoms with Crippen molar-refractivity contribution in [1.82, 2.24) is 0 Å². The zero-order chi connectivity index (χ0) is 10.6. The van der Waals surface area contributed by atoms with E-state index < -0.39 is 5.97 Å². The van der Waals surface area contributed by atoms with Crippen molar-refractivity contribution >= 4 is 29.2 Å². The van der Waals surface area contributed by atoms with Crippen LogP contribution in [0.3, 0.4) is 0 Å². The Balaban J connectivity index is 2.62. The monoisotopic (exact) mass is 234 g/mol. The normalized spacial score (nSPS) is 9.86. The van der Waals surface area contributed by atoms with E-state index in [-0.39, 0.29) is 13.0 Å². The Bertz CT molecular complexity index is 319. The molecule has 0 saturated carbocycles. The van der Waals surface area contributed by atoms with Crippen LogP contribution in [0.1, 0.15) is 6.42 Å². The fourth-order valence-corrected chi connectivity index (χ4v) is 1.37. The average Bonchev–Trinajstić information content (AvgIpc) is 2.09. The summed E-state index contributed by atoms with van der Waals surface area (Å²) in [7, 11) is 0. The molecule has 3 nitrogen and oxygen atoms in total. The number of carbonyl (C=O) groups is 1. The van der Waals surface area contributed by atoms with Crippen LogP contribution in [0.4, 0.5) is 0 Å². The highest BCUT2D eigenvalue weighted by Crippen LogP contribution is 2.32. The number of aliphatic carboxylic acids is 1. The molecule has 0 bridgehead atoms. The average molecular weight is 235 g/mol. The number of carboxylic acid groups (broad SMARTS) is 1. The number of rotatable bonds is 4. The lowest BCUT2D eigenvalue weighted by Gasteiger charge is -2.07. The molecule has 0 aliphatic heterocycles. The maximum absolute atomic E-state index is 10.2. The van der Waals surface area contributed by atoms with Crippen LogP contribution in [-0.4, -0.2) is 17.7 Å². The summed E-state index contributed by atoms with van der Waals surface area (Å²) in [6, 6.07) is 4.95. The molecule has 1 aromatic carbocycles. The van der Waals surface area contributed by atoms with Gasteiger partial charge < -0.3 is 9.84 Å². The third kappa shape index (κ3) is 3.09. The number of hydrogen-bond donors (Lipinski definition) is 1. The van der Waals surface area contributed by atoms with Crippen LogP contribution in [0, 0.1) is 0 Å². The van der Waals surface area contributed by atoms with Gasteiger partial charge in [-0.3, -0.25) is 4.79 Å². The molecule has 1 rings (SSSR count). The molecule has 0 amide bonds. The quantitative estimate of drug-likeness (QED) is 0.872. The summed E-state index contributed by atoms with van der Waals surface area (Å²) in [5.41, 5.74) is 0. The predicted molar refractivity (Wildman–Crippen MR) is 54.2 cm³/mol. The molecule has 0 radical (unpaired) electrons. The number of benzene rings is 1. The molecule has 0 aliphatic rings. The molecule has 76 valence electrons. The van der Waals surface area contributed by atoms with Crippen LogP contribution in [0.15, 0.2) is 18.2 Å². The first-order valence-corrected chi connectivity index (χ1v) is 4.65. The van der Waals surface area contributed by atoms with Crippen molar-refractivity contribution in [2.45, 2.75) is 6.42 Å². The van der Waals surface area contributed by atoms with E-state index in [1.54, 1.807) is 18.2 Å². The molecule has 0 atom stereocenters. The fraction of sp³-hybridized carbons (Fsp3) is 0.222. The van der Waals surface area contributed by atoms with Crippen LogP contribution < -0.4 is 4.74 Å². The first-order chi connectivity index (χ1) is 6.61. The smallest absolute Gasteiger partial charge is 0.306 e. The SMILES string of the molecule is O=C(O)CCOc1c(Cl)cccc1Cl. The summed E-state index contributed by atoms with van der Waals surface area (Å²) < 4.78 is 5.13. The lowest BCUT2D eigenvalue weighted by molar-refractivity contribution is -0.137. The van der Waals surface area contributed by atoms with Gasteiger partial charge in [0, 0.05) is 0 Å². The van der Waals surface area contributed by atoms with Gasteiger partial charge in [-0.05, 0) is 12.1 Å². The molecule has 14 heavy (non-hydrogen) atoms. The number of hydrogen-bond acceptors (Lipinski definition) is 2. The van der Waals surface area contributed by atoms with Gasteiger partial charge in [0.05, 0.1) is 23.1 Å². The topological polar surface area (TPSA) is 46.5 Å². The summed E-state index contributed by atoms with van der Waals surface area (Å²) in [6.07, 6.45) is -0.0818. The fourth-order valence-electron chi connectivity index (χ4n) is 0.861. The van der Waals surface area contributed by atoms with Crippen LogP contribution in [0.25, 0.3) is 0 Å². The van der Waals surface area contributed by atoms with E-state index >= 15 is 0 Å². The second-order valence-electron chi connectivity index (χ2n) is 2.54. The van der Waals surface area contributed by atoms with Gasteiger partial charge in [-0.15, -0.1) is 0 Å². The Morgan fingerprint density at radius 2 is 1.93 bits per heavy atom. The summed E-state index contributed by atoms with van der Waals surface area (Å²) in [4.78, 5) is 10.2. The number of para-hydroxylation sites is 1. The molecule has 0 saturated heterocycles. The predicted octanol–water partition coefficient (Wildman–Crippen LogP) is 2.85. The van der Waals surface area contributed by atoms with Crippen molar-refractivity contribution < 1.29 is 14.6 Å². The summed E-state index contributed by atoms with van der Waals surface area (Å²) >= 11 is 11.6. The van der Waals surface area contributed by atoms with Crippen molar-refractivity contribution in [3.8, 4) is 5.75 Å². The molecule has 0 unspecified atom stereocenters. The van der Waals surface area contributed by atoms with Gasteiger partial charge in [-0.2, -0.15) is 0 Å². The minimum Gasteiger partial charge on any atom is -0.490 e. The van der Waals surface area contributed by atoms with Crippen molar-refractivity contribution in [1.29, 1.82) is 0 Å². The van der Waals surface area contributed by atoms with E-state index in [1.165, 1.54) is 0 Å². The van der Waals surface area contributed by atoms with Crippen molar-refractivity contribution in [2.75, 3.05) is 6.61 Å². The van der Waals surface area contributed by atoms with E-state index in [1.807, 2.05) is 0 Å². The zero-order valence-electron chi connectivity index (χ0n) is 7.17. The van der Waals surface area contributed by atoms with Crippen LogP contribution in [-0.2, 0) is 4.79 Å². The first kappa shape index (κ1) is 11.1. The molecule has 5 heteroatoms. The van der Waals surface area contributed by atoms with Gasteiger partial charge in [0.25, 0.3) is 0 Å². The molecule has 0 aliphatic carbocycles. The van der Waals surface area contributed by atoms with E-state index in [0.29, 0.717) is 15.8 Å². The maximum Gasteiger partial charge on any atom is 0.306 e. The molecule has 1 aromatic rings. The van der Waals surface area contributed by atoms with Crippen molar-refractivity contribution in [3.05, 3.63) is 28.2 Å². The summed E-state index contributed by atoms with van der Waals surface area (Å²) in [6.45, 7) is 0.0544. The third-order valence-corrected chi connectivity index (χ3v) is 2.08. The lowest BCUT2D eigenvalue weighted by atomic mass is 10.3. The second-order valence-corrected chi connectivity index (χ2v) is 3.36. The van der Waals surface area contributed by atoms with Crippen molar-refractivity contribution in [3.63, 3.8) is 0 Å². The second kappa shape index (κ2) is 5.08. The lowest BCUT2D eigenvalue weighted by Crippen LogP contribution is -2.05. The van der Waals surface area contributed by atoms with Crippen molar-refractivity contribution in [2.24, 2.45) is 0 Å². The van der Waals surface area contributed by atoms with Gasteiger partial charge in [-0.25, -0.2) is 0 Å². The Hall–Kier alpha value is -0.930. The summed E-state index contributed by atoms with van der Waals surface area (Å²) in [5.74, 6) is -0.592. The molecular formula is C9H8Cl2O3. The molecule has 1 N–H and O–H groups in total. The number of carboxylic acids is 1. The number of ether oxygens (including phenoxy) is 1. The van der Waals surface area contributed by atoms with E-state index in [2.05, 4.69) is 0 Å². The largest absolute Gasteiger partial charge is 0.490 e. The van der Waals surface area contributed by atoms with Gasteiger partial charge in [0.2, 0.25) is 0 Å². The standard InChI is InChI=1S/C9H8Cl2O3/c10-6-2-1-3-7(11)9(6)14-5-4-8(12)13/h1-3H,4-5H2,(H,12,13). The molecule has 0 heterocycles. The highest BCUT2D eigenvalue weighted by atomic mass is 35.5. The van der Waals surface area contributed by atoms with E-state index in [9.17, 15) is 4.79 Å². The van der Waals surface area contributed by atoms with Gasteiger partial charge in [0.15, 0.2) is 5.75 Å². The van der Waals surface area contributed by atoms with E-state index in [0.717, 1.165) is 0 Å². The molecule has 0 spiro atoms. The molecule has 0 fully saturated rings. The van der Waals surface area contributed by atoms with Crippen LogP contribution in [0.5, 0.6) is 5.75 Å². The highest BCUT2D eigenvalue weighted by Gasteiger charge is 2.06. The van der Waals surface area contributed by atoms with E-state index in [4.69, 9.17) is 33.0 Å². The van der Waals surface area contributed by atoms with Crippen LogP contribution in [0.2, 0.25) is 10.0 Å². The third-order valence-electron chi connectivity index (χ3n) is 1.48. The Kier molecular flexibility index (Phi) is 4.04. The van der Waals surface area contributed by atoms with Gasteiger partial charge >= 0.3 is 5.97 Å². The first-order valence-electron chi connectivity index (χ1n) is 3.90. The highest BCUT2D eigenvalue weighted by molar-refractivity contribution is 6.37. The maximum atomic E-state index is 10.2. The minimum atomic E-state index is -0.923. The van der Waals surface area contributed by atoms with Gasteiger partial charge in [-0.1, -0.05) is 29.3 Å². The Labute approximate surface area is 91.2 Å². The zero-order valence-corrected chi connectivity index (χ0v) is 8.68. The Morgan fingerprint density at radius 1 is 1.36 bits per heavy atom. The van der Waals surface area contributed by atoms with Gasteiger partial charge in [0.1, 0.15) is 0 Å². The van der Waals surface area contributed by atoms with Crippen LogP contribution >= 0.6 is 23.2 Å². The number of halogens is 2.